The van der Waals surface area contributed by atoms with Crippen LogP contribution in [0, 0.1) is 6.92 Å². The molecule has 0 N–H and O–H groups in total. The quantitative estimate of drug-likeness (QED) is 0.849. The van der Waals surface area contributed by atoms with Crippen molar-refractivity contribution in [3.05, 3.63) is 35.8 Å². The third kappa shape index (κ3) is 3.54. The molecular weight excluding hydrogens is 286 g/mol. The number of hydrogen-bond donors (Lipinski definition) is 0. The summed E-state index contributed by atoms with van der Waals surface area (Å²) in [6.45, 7) is 9.46. The lowest BCUT2D eigenvalue weighted by Gasteiger charge is -2.33. The fraction of sp³-hybridized carbons (Fsp3) is 0.611. The van der Waals surface area contributed by atoms with E-state index >= 15 is 0 Å². The molecule has 5 heteroatoms. The maximum Gasteiger partial charge on any atom is 0.132 e. The van der Waals surface area contributed by atoms with Gasteiger partial charge in [0.1, 0.15) is 17.5 Å². The molecule has 0 spiro atoms. The van der Waals surface area contributed by atoms with E-state index in [1.165, 1.54) is 11.5 Å². The predicted octanol–water partition coefficient (Wildman–Crippen LogP) is 3.34. The average molecular weight is 313 g/mol. The largest absolute Gasteiger partial charge is 0.356 e. The van der Waals surface area contributed by atoms with Gasteiger partial charge in [-0.05, 0) is 33.1 Å². The van der Waals surface area contributed by atoms with Crippen LogP contribution < -0.4 is 4.90 Å². The molecule has 23 heavy (non-hydrogen) atoms. The van der Waals surface area contributed by atoms with Crippen molar-refractivity contribution in [2.24, 2.45) is 0 Å². The first-order chi connectivity index (χ1) is 11.2. The van der Waals surface area contributed by atoms with Gasteiger partial charge in [0.2, 0.25) is 0 Å². The first-order valence-corrected chi connectivity index (χ1v) is 8.81. The summed E-state index contributed by atoms with van der Waals surface area (Å²) in [5.74, 6) is 3.80. The second-order valence-corrected chi connectivity index (χ2v) is 6.35. The van der Waals surface area contributed by atoms with Crippen LogP contribution in [0.1, 0.15) is 56.4 Å². The van der Waals surface area contributed by atoms with Crippen LogP contribution >= 0.6 is 0 Å². The third-order valence-electron chi connectivity index (χ3n) is 4.66. The highest BCUT2D eigenvalue weighted by molar-refractivity contribution is 5.40. The van der Waals surface area contributed by atoms with E-state index in [0.29, 0.717) is 5.92 Å². The molecular formula is C18H27N5. The van der Waals surface area contributed by atoms with Crippen LogP contribution in [0.15, 0.2) is 18.5 Å². The summed E-state index contributed by atoms with van der Waals surface area (Å²) >= 11 is 0. The van der Waals surface area contributed by atoms with Crippen LogP contribution in [0.4, 0.5) is 5.82 Å². The number of imidazole rings is 1. The maximum atomic E-state index is 4.66. The summed E-state index contributed by atoms with van der Waals surface area (Å²) in [6, 6.07) is 2.17. The molecule has 0 aliphatic carbocycles. The van der Waals surface area contributed by atoms with E-state index in [0.717, 1.165) is 57.0 Å². The summed E-state index contributed by atoms with van der Waals surface area (Å²) in [5, 5.41) is 0. The van der Waals surface area contributed by atoms with Gasteiger partial charge in [0.25, 0.3) is 0 Å². The Morgan fingerprint density at radius 1 is 1.17 bits per heavy atom. The van der Waals surface area contributed by atoms with Gasteiger partial charge in [-0.3, -0.25) is 0 Å². The minimum Gasteiger partial charge on any atom is -0.356 e. The number of aromatic nitrogens is 4. The van der Waals surface area contributed by atoms with E-state index in [9.17, 15) is 0 Å². The Balaban J connectivity index is 1.69. The maximum absolute atomic E-state index is 4.66. The zero-order valence-electron chi connectivity index (χ0n) is 14.5. The average Bonchev–Trinajstić information content (AvgIpc) is 3.03. The lowest BCUT2D eigenvalue weighted by Crippen LogP contribution is -2.34. The van der Waals surface area contributed by atoms with Crippen molar-refractivity contribution in [3.8, 4) is 0 Å². The summed E-state index contributed by atoms with van der Waals surface area (Å²) in [5.41, 5.74) is 1.17. The van der Waals surface area contributed by atoms with E-state index in [4.69, 9.17) is 0 Å². The first kappa shape index (κ1) is 16.0. The normalized spacial score (nSPS) is 16.0. The summed E-state index contributed by atoms with van der Waals surface area (Å²) in [4.78, 5) is 16.2. The summed E-state index contributed by atoms with van der Waals surface area (Å²) in [6.07, 6.45) is 8.45. The van der Waals surface area contributed by atoms with Gasteiger partial charge in [-0.2, -0.15) is 0 Å². The zero-order valence-corrected chi connectivity index (χ0v) is 14.5. The number of anilines is 1. The van der Waals surface area contributed by atoms with Crippen molar-refractivity contribution in [2.45, 2.75) is 58.9 Å². The van der Waals surface area contributed by atoms with Crippen LogP contribution in [0.5, 0.6) is 0 Å². The number of aryl methyl sites for hydroxylation is 3. The van der Waals surface area contributed by atoms with Gasteiger partial charge in [-0.1, -0.05) is 13.3 Å². The monoisotopic (exact) mass is 313 g/mol. The molecule has 1 saturated heterocycles. The lowest BCUT2D eigenvalue weighted by molar-refractivity contribution is 0.466. The Bertz CT molecular complexity index is 641. The van der Waals surface area contributed by atoms with Gasteiger partial charge in [-0.25, -0.2) is 15.0 Å². The van der Waals surface area contributed by atoms with Crippen molar-refractivity contribution < 1.29 is 0 Å². The molecule has 0 radical (unpaired) electrons. The van der Waals surface area contributed by atoms with Gasteiger partial charge >= 0.3 is 0 Å². The molecule has 1 aliphatic rings. The highest BCUT2D eigenvalue weighted by Crippen LogP contribution is 2.29. The molecule has 0 unspecified atom stereocenters. The summed E-state index contributed by atoms with van der Waals surface area (Å²) in [7, 11) is 0. The highest BCUT2D eigenvalue weighted by atomic mass is 15.2. The first-order valence-electron chi connectivity index (χ1n) is 8.81. The lowest BCUT2D eigenvalue weighted by atomic mass is 9.96. The van der Waals surface area contributed by atoms with E-state index < -0.39 is 0 Å². The second kappa shape index (κ2) is 7.11. The minimum atomic E-state index is 0.569. The smallest absolute Gasteiger partial charge is 0.132 e. The van der Waals surface area contributed by atoms with Crippen LogP contribution in [0.2, 0.25) is 0 Å². The van der Waals surface area contributed by atoms with E-state index in [1.807, 2.05) is 13.1 Å². The standard InChI is InChI=1S/C18H27N5/c1-4-6-16-13-17(21-14(3)20-16)23-10-7-15(8-11-23)18-19-9-12-22(18)5-2/h9,12-13,15H,4-8,10-11H2,1-3H3. The number of hydrogen-bond acceptors (Lipinski definition) is 4. The van der Waals surface area contributed by atoms with Crippen LogP contribution in [0.3, 0.4) is 0 Å². The van der Waals surface area contributed by atoms with Crippen LogP contribution in [-0.4, -0.2) is 32.6 Å². The Morgan fingerprint density at radius 3 is 2.65 bits per heavy atom. The molecule has 1 aliphatic heterocycles. The molecule has 0 bridgehead atoms. The fourth-order valence-electron chi connectivity index (χ4n) is 3.47. The molecule has 5 nitrogen and oxygen atoms in total. The zero-order chi connectivity index (χ0) is 16.2. The number of rotatable bonds is 5. The van der Waals surface area contributed by atoms with Gasteiger partial charge in [-0.15, -0.1) is 0 Å². The van der Waals surface area contributed by atoms with Gasteiger partial charge in [0, 0.05) is 49.7 Å². The summed E-state index contributed by atoms with van der Waals surface area (Å²) < 4.78 is 2.27. The highest BCUT2D eigenvalue weighted by Gasteiger charge is 2.24. The van der Waals surface area contributed by atoms with Crippen molar-refractivity contribution in [1.82, 2.24) is 19.5 Å². The number of nitrogens with zero attached hydrogens (tertiary/aromatic N) is 5. The van der Waals surface area contributed by atoms with Crippen molar-refractivity contribution >= 4 is 5.82 Å². The molecule has 0 aromatic carbocycles. The fourth-order valence-corrected chi connectivity index (χ4v) is 3.47. The molecule has 3 heterocycles. The molecule has 3 rings (SSSR count). The van der Waals surface area contributed by atoms with E-state index in [-0.39, 0.29) is 0 Å². The van der Waals surface area contributed by atoms with E-state index in [1.54, 1.807) is 0 Å². The van der Waals surface area contributed by atoms with Gasteiger partial charge in [0.15, 0.2) is 0 Å². The molecule has 0 atom stereocenters. The predicted molar refractivity (Wildman–Crippen MR) is 92.9 cm³/mol. The van der Waals surface area contributed by atoms with Crippen LogP contribution in [0.25, 0.3) is 0 Å². The molecule has 2 aromatic rings. The molecule has 0 amide bonds. The molecule has 2 aromatic heterocycles. The Morgan fingerprint density at radius 2 is 1.96 bits per heavy atom. The molecule has 124 valence electrons. The van der Waals surface area contributed by atoms with Crippen molar-refractivity contribution in [3.63, 3.8) is 0 Å². The van der Waals surface area contributed by atoms with Crippen molar-refractivity contribution in [2.75, 3.05) is 18.0 Å². The third-order valence-corrected chi connectivity index (χ3v) is 4.66. The Labute approximate surface area is 138 Å². The molecule has 1 fully saturated rings. The minimum absolute atomic E-state index is 0.569. The van der Waals surface area contributed by atoms with E-state index in [2.05, 4.69) is 50.5 Å². The van der Waals surface area contributed by atoms with Crippen LogP contribution in [-0.2, 0) is 13.0 Å². The SMILES string of the molecule is CCCc1cc(N2CCC(c3nccn3CC)CC2)nc(C)n1. The van der Waals surface area contributed by atoms with Gasteiger partial charge < -0.3 is 9.47 Å². The Hall–Kier alpha value is -1.91. The van der Waals surface area contributed by atoms with Gasteiger partial charge in [0.05, 0.1) is 0 Å². The van der Waals surface area contributed by atoms with Crippen molar-refractivity contribution in [1.29, 1.82) is 0 Å². The topological polar surface area (TPSA) is 46.8 Å². The molecule has 0 saturated carbocycles. The number of piperidine rings is 1. The second-order valence-electron chi connectivity index (χ2n) is 6.35. The Kier molecular flexibility index (Phi) is 4.94.